The summed E-state index contributed by atoms with van der Waals surface area (Å²) in [7, 11) is 0. The lowest BCUT2D eigenvalue weighted by atomic mass is 10.1. The third-order valence-corrected chi connectivity index (χ3v) is 6.34. The molecule has 7 nitrogen and oxygen atoms in total. The molecule has 0 radical (unpaired) electrons. The highest BCUT2D eigenvalue weighted by atomic mass is 16.3. The molecule has 2 fully saturated rings. The molecule has 31 heavy (non-hydrogen) atoms. The van der Waals surface area contributed by atoms with Crippen molar-refractivity contribution in [3.8, 4) is 17.0 Å². The van der Waals surface area contributed by atoms with Crippen molar-refractivity contribution in [2.75, 3.05) is 18.0 Å². The van der Waals surface area contributed by atoms with Crippen molar-refractivity contribution in [2.24, 2.45) is 5.92 Å². The molecule has 0 unspecified atom stereocenters. The van der Waals surface area contributed by atoms with Crippen LogP contribution in [0.4, 0.5) is 5.82 Å². The molecule has 7 heteroatoms. The van der Waals surface area contributed by atoms with Gasteiger partial charge < -0.3 is 19.7 Å². The first kappa shape index (κ1) is 18.6. The molecule has 1 aliphatic heterocycles. The van der Waals surface area contributed by atoms with Gasteiger partial charge in [-0.15, -0.1) is 0 Å². The zero-order valence-corrected chi connectivity index (χ0v) is 17.7. The molecule has 4 aromatic rings. The molecule has 0 amide bonds. The number of nitrogens with zero attached hydrogens (tertiary/aromatic N) is 4. The summed E-state index contributed by atoms with van der Waals surface area (Å²) in [6, 6.07) is 12.4. The Morgan fingerprint density at radius 3 is 2.65 bits per heavy atom. The van der Waals surface area contributed by atoms with Crippen LogP contribution in [0.3, 0.4) is 0 Å². The van der Waals surface area contributed by atoms with Crippen LogP contribution in [0.1, 0.15) is 25.7 Å². The van der Waals surface area contributed by atoms with E-state index < -0.39 is 0 Å². The fourth-order valence-corrected chi connectivity index (χ4v) is 4.69. The number of rotatable bonds is 3. The second kappa shape index (κ2) is 6.92. The summed E-state index contributed by atoms with van der Waals surface area (Å²) in [5.41, 5.74) is 4.24. The Kier molecular flexibility index (Phi) is 4.14. The van der Waals surface area contributed by atoms with E-state index in [1.54, 1.807) is 19.1 Å². The first-order valence-electron chi connectivity index (χ1n) is 10.9. The van der Waals surface area contributed by atoms with Gasteiger partial charge in [0.05, 0.1) is 16.7 Å². The molecule has 1 aliphatic carbocycles. The number of pyridine rings is 2. The van der Waals surface area contributed by atoms with Gasteiger partial charge in [0, 0.05) is 43.7 Å². The lowest BCUT2D eigenvalue weighted by molar-refractivity contribution is 0.358. The molecule has 1 aromatic carbocycles. The molecular formula is C24H25N5O2. The van der Waals surface area contributed by atoms with Crippen molar-refractivity contribution >= 4 is 28.0 Å². The average Bonchev–Trinajstić information content (AvgIpc) is 3.54. The maximum atomic E-state index is 10.5. The van der Waals surface area contributed by atoms with Crippen molar-refractivity contribution < 1.29 is 9.52 Å². The number of anilines is 1. The van der Waals surface area contributed by atoms with E-state index in [9.17, 15) is 5.11 Å². The molecule has 0 spiro atoms. The van der Waals surface area contributed by atoms with Gasteiger partial charge in [-0.3, -0.25) is 0 Å². The highest BCUT2D eigenvalue weighted by Crippen LogP contribution is 2.36. The van der Waals surface area contributed by atoms with E-state index in [-0.39, 0.29) is 5.75 Å². The third-order valence-electron chi connectivity index (χ3n) is 6.34. The molecule has 3 aromatic heterocycles. The topological polar surface area (TPSA) is 87.3 Å². The number of aromatic nitrogens is 3. The number of fused-ring (bicyclic) bond motifs is 2. The second-order valence-electron chi connectivity index (χ2n) is 8.89. The third kappa shape index (κ3) is 3.39. The molecular weight excluding hydrogens is 390 g/mol. The fourth-order valence-electron chi connectivity index (χ4n) is 4.69. The van der Waals surface area contributed by atoms with Crippen LogP contribution >= 0.6 is 0 Å². The first-order valence-corrected chi connectivity index (χ1v) is 10.9. The van der Waals surface area contributed by atoms with E-state index in [2.05, 4.69) is 28.2 Å². The maximum Gasteiger partial charge on any atom is 0.192 e. The van der Waals surface area contributed by atoms with Crippen LogP contribution < -0.4 is 10.2 Å². The summed E-state index contributed by atoms with van der Waals surface area (Å²) in [4.78, 5) is 16.3. The van der Waals surface area contributed by atoms with Crippen LogP contribution in [-0.2, 0) is 0 Å². The second-order valence-corrected chi connectivity index (χ2v) is 8.89. The highest BCUT2D eigenvalue weighted by Gasteiger charge is 2.36. The molecule has 2 atom stereocenters. The minimum atomic E-state index is 0.137. The molecule has 1 saturated carbocycles. The SMILES string of the molecule is Cc1nc2cc(O)c(-c3ccc4nc(N5C[C@@H](C)N[C@@H](C6CC6)C5)ccc4n3)cc2o1. The summed E-state index contributed by atoms with van der Waals surface area (Å²) in [6.45, 7) is 6.00. The first-order chi connectivity index (χ1) is 15.0. The maximum absolute atomic E-state index is 10.5. The Morgan fingerprint density at radius 2 is 1.81 bits per heavy atom. The van der Waals surface area contributed by atoms with Crippen LogP contribution in [-0.4, -0.2) is 45.2 Å². The number of piperazine rings is 1. The van der Waals surface area contributed by atoms with E-state index in [1.165, 1.54) is 12.8 Å². The predicted molar refractivity (Wildman–Crippen MR) is 120 cm³/mol. The summed E-state index contributed by atoms with van der Waals surface area (Å²) in [5.74, 6) is 2.52. The Bertz CT molecular complexity index is 1300. The highest BCUT2D eigenvalue weighted by molar-refractivity contribution is 5.86. The number of oxazole rings is 1. The van der Waals surface area contributed by atoms with Crippen molar-refractivity contribution in [1.29, 1.82) is 0 Å². The largest absolute Gasteiger partial charge is 0.507 e. The number of hydrogen-bond acceptors (Lipinski definition) is 7. The molecule has 0 bridgehead atoms. The van der Waals surface area contributed by atoms with E-state index in [0.29, 0.717) is 40.3 Å². The lowest BCUT2D eigenvalue weighted by Crippen LogP contribution is -2.56. The number of phenolic OH excluding ortho intramolecular Hbond substituents is 1. The van der Waals surface area contributed by atoms with Gasteiger partial charge in [-0.05, 0) is 56.0 Å². The van der Waals surface area contributed by atoms with Crippen molar-refractivity contribution in [2.45, 2.75) is 38.8 Å². The van der Waals surface area contributed by atoms with Gasteiger partial charge in [0.1, 0.15) is 17.1 Å². The number of aryl methyl sites for hydroxylation is 1. The van der Waals surface area contributed by atoms with Gasteiger partial charge in [0.25, 0.3) is 0 Å². The molecule has 1 saturated heterocycles. The van der Waals surface area contributed by atoms with Crippen LogP contribution in [0.2, 0.25) is 0 Å². The Hall–Kier alpha value is -3.19. The normalized spacial score (nSPS) is 21.8. The fraction of sp³-hybridized carbons (Fsp3) is 0.375. The number of nitrogens with one attached hydrogen (secondary N) is 1. The summed E-state index contributed by atoms with van der Waals surface area (Å²) >= 11 is 0. The molecule has 2 N–H and O–H groups in total. The van der Waals surface area contributed by atoms with E-state index in [0.717, 1.165) is 35.9 Å². The van der Waals surface area contributed by atoms with Gasteiger partial charge >= 0.3 is 0 Å². The Morgan fingerprint density at radius 1 is 1.00 bits per heavy atom. The van der Waals surface area contributed by atoms with Crippen LogP contribution in [0.25, 0.3) is 33.4 Å². The number of aromatic hydroxyl groups is 1. The monoisotopic (exact) mass is 415 g/mol. The van der Waals surface area contributed by atoms with Crippen LogP contribution in [0, 0.1) is 12.8 Å². The number of phenols is 1. The van der Waals surface area contributed by atoms with Gasteiger partial charge in [0.15, 0.2) is 11.5 Å². The predicted octanol–water partition coefficient (Wildman–Crippen LogP) is 4.03. The summed E-state index contributed by atoms with van der Waals surface area (Å²) in [6.07, 6.45) is 2.67. The van der Waals surface area contributed by atoms with Crippen molar-refractivity contribution in [3.05, 3.63) is 42.3 Å². The minimum Gasteiger partial charge on any atom is -0.507 e. The molecule has 158 valence electrons. The smallest absolute Gasteiger partial charge is 0.192 e. The molecule has 2 aliphatic rings. The zero-order chi connectivity index (χ0) is 21.1. The van der Waals surface area contributed by atoms with E-state index in [1.807, 2.05) is 18.2 Å². The van der Waals surface area contributed by atoms with Gasteiger partial charge in [-0.1, -0.05) is 0 Å². The number of hydrogen-bond donors (Lipinski definition) is 2. The molecule has 6 rings (SSSR count). The summed E-state index contributed by atoms with van der Waals surface area (Å²) < 4.78 is 5.62. The number of benzene rings is 1. The Labute approximate surface area is 180 Å². The quantitative estimate of drug-likeness (QED) is 0.522. The average molecular weight is 415 g/mol. The van der Waals surface area contributed by atoms with E-state index >= 15 is 0 Å². The van der Waals surface area contributed by atoms with Gasteiger partial charge in [0.2, 0.25) is 0 Å². The minimum absolute atomic E-state index is 0.137. The van der Waals surface area contributed by atoms with Crippen LogP contribution in [0.15, 0.2) is 40.8 Å². The standard InChI is InChI=1S/C24H25N5O2/c1-13-11-29(12-21(25-13)15-3-4-15)24-8-7-18-19(28-24)6-5-17(27-18)16-9-23-20(10-22(16)30)26-14(2)31-23/h5-10,13,15,21,25,30H,3-4,11-12H2,1-2H3/t13-,21-/m1/s1. The molecule has 4 heterocycles. The lowest BCUT2D eigenvalue weighted by Gasteiger charge is -2.38. The summed E-state index contributed by atoms with van der Waals surface area (Å²) in [5, 5.41) is 14.2. The Balaban J connectivity index is 1.33. The van der Waals surface area contributed by atoms with Gasteiger partial charge in [-0.2, -0.15) is 0 Å². The zero-order valence-electron chi connectivity index (χ0n) is 17.7. The van der Waals surface area contributed by atoms with Gasteiger partial charge in [-0.25, -0.2) is 15.0 Å². The van der Waals surface area contributed by atoms with E-state index in [4.69, 9.17) is 14.4 Å². The van der Waals surface area contributed by atoms with Crippen molar-refractivity contribution in [3.63, 3.8) is 0 Å². The van der Waals surface area contributed by atoms with Crippen molar-refractivity contribution in [1.82, 2.24) is 20.3 Å². The van der Waals surface area contributed by atoms with Crippen LogP contribution in [0.5, 0.6) is 5.75 Å².